The van der Waals surface area contributed by atoms with Crippen LogP contribution in [0.2, 0.25) is 0 Å². The highest BCUT2D eigenvalue weighted by atomic mass is 16.5. The molecule has 1 aliphatic heterocycles. The molecule has 0 saturated heterocycles. The summed E-state index contributed by atoms with van der Waals surface area (Å²) in [5, 5.41) is 12.6. The molecule has 1 heterocycles. The summed E-state index contributed by atoms with van der Waals surface area (Å²) in [4.78, 5) is 20.6. The molecule has 0 aliphatic carbocycles. The third-order valence-electron chi connectivity index (χ3n) is 5.27. The maximum Gasteiger partial charge on any atom is 0.338 e. The average molecular weight is 450 g/mol. The van der Waals surface area contributed by atoms with E-state index in [0.717, 1.165) is 5.56 Å². The zero-order chi connectivity index (χ0) is 23.7. The number of benzene rings is 2. The fraction of sp³-hybridized carbons (Fsp3) is 0.333. The molecule has 9 heteroatoms. The van der Waals surface area contributed by atoms with Crippen molar-refractivity contribution in [3.63, 3.8) is 0 Å². The Kier molecular flexibility index (Phi) is 8.07. The summed E-state index contributed by atoms with van der Waals surface area (Å²) in [6.45, 7) is 4.37. The monoisotopic (exact) mass is 450 g/mol. The van der Waals surface area contributed by atoms with Gasteiger partial charge in [-0.1, -0.05) is 35.5 Å². The van der Waals surface area contributed by atoms with Crippen molar-refractivity contribution >= 4 is 11.9 Å². The van der Waals surface area contributed by atoms with Crippen LogP contribution in [0, 0.1) is 0 Å². The maximum atomic E-state index is 13.0. The molecule has 0 amide bonds. The van der Waals surface area contributed by atoms with Crippen molar-refractivity contribution in [1.82, 2.24) is 0 Å². The number of methoxy groups -OCH3 is 1. The standard InChI is InChI=1S/C24H26N4O5/c1-3-13-24(23(30)31-2)21(20-8-5-4-7-18(20)16-26-28-25)33-22(27-24)17-9-11-19(12-10-17)32-15-6-14-29/h3-5,7-12,21,29H,1,6,13-16H2,2H3/t21-,24-/m1/s1. The van der Waals surface area contributed by atoms with Crippen molar-refractivity contribution in [3.05, 3.63) is 88.3 Å². The van der Waals surface area contributed by atoms with E-state index < -0.39 is 17.6 Å². The number of rotatable bonds is 11. The Hall–Kier alpha value is -3.81. The Morgan fingerprint density at radius 3 is 2.76 bits per heavy atom. The van der Waals surface area contributed by atoms with E-state index in [9.17, 15) is 4.79 Å². The summed E-state index contributed by atoms with van der Waals surface area (Å²) in [5.74, 6) is 0.380. The Morgan fingerprint density at radius 1 is 1.33 bits per heavy atom. The predicted molar refractivity (Wildman–Crippen MR) is 123 cm³/mol. The van der Waals surface area contributed by atoms with Crippen LogP contribution in [0.25, 0.3) is 10.4 Å². The first-order valence-electron chi connectivity index (χ1n) is 10.5. The van der Waals surface area contributed by atoms with E-state index in [0.29, 0.717) is 29.9 Å². The number of esters is 1. The normalized spacial score (nSPS) is 19.1. The number of ether oxygens (including phenoxy) is 3. The van der Waals surface area contributed by atoms with Gasteiger partial charge in [-0.15, -0.1) is 6.58 Å². The van der Waals surface area contributed by atoms with Crippen molar-refractivity contribution < 1.29 is 24.1 Å². The van der Waals surface area contributed by atoms with E-state index in [2.05, 4.69) is 16.6 Å². The van der Waals surface area contributed by atoms with Gasteiger partial charge in [-0.2, -0.15) is 0 Å². The fourth-order valence-corrected chi connectivity index (χ4v) is 3.70. The molecule has 0 unspecified atom stereocenters. The SMILES string of the molecule is C=CC[C@@]1(C(=O)OC)N=C(c2ccc(OCCCO)cc2)O[C@@H]1c1ccccc1CN=[N+]=[N-]. The zero-order valence-corrected chi connectivity index (χ0v) is 18.4. The van der Waals surface area contributed by atoms with Gasteiger partial charge in [0.05, 0.1) is 20.3 Å². The van der Waals surface area contributed by atoms with Gasteiger partial charge in [0.2, 0.25) is 11.4 Å². The summed E-state index contributed by atoms with van der Waals surface area (Å²) in [6.07, 6.45) is 1.53. The molecule has 0 aromatic heterocycles. The van der Waals surface area contributed by atoms with Gasteiger partial charge in [-0.3, -0.25) is 0 Å². The minimum absolute atomic E-state index is 0.0597. The van der Waals surface area contributed by atoms with Gasteiger partial charge in [-0.25, -0.2) is 9.79 Å². The number of nitrogens with zero attached hydrogens (tertiary/aromatic N) is 4. The molecule has 9 nitrogen and oxygen atoms in total. The summed E-state index contributed by atoms with van der Waals surface area (Å²) in [7, 11) is 1.31. The van der Waals surface area contributed by atoms with Gasteiger partial charge in [0.1, 0.15) is 5.75 Å². The number of hydrogen-bond donors (Lipinski definition) is 1. The molecule has 0 spiro atoms. The number of aliphatic imine (C=N–C) groups is 1. The summed E-state index contributed by atoms with van der Waals surface area (Å²) >= 11 is 0. The Bertz CT molecular complexity index is 1060. The van der Waals surface area contributed by atoms with Crippen LogP contribution in [0.15, 0.2) is 71.3 Å². The van der Waals surface area contributed by atoms with Crippen LogP contribution in [0.4, 0.5) is 0 Å². The molecule has 2 aromatic rings. The lowest BCUT2D eigenvalue weighted by atomic mass is 9.83. The minimum atomic E-state index is -1.38. The van der Waals surface area contributed by atoms with Crippen molar-refractivity contribution in [2.75, 3.05) is 20.3 Å². The number of carbonyl (C=O) groups excluding carboxylic acids is 1. The van der Waals surface area contributed by atoms with E-state index >= 15 is 0 Å². The number of hydrogen-bond acceptors (Lipinski definition) is 7. The fourth-order valence-electron chi connectivity index (χ4n) is 3.70. The van der Waals surface area contributed by atoms with E-state index in [-0.39, 0.29) is 25.5 Å². The predicted octanol–water partition coefficient (Wildman–Crippen LogP) is 4.26. The highest BCUT2D eigenvalue weighted by Crippen LogP contribution is 2.44. The molecule has 1 N–H and O–H groups in total. The van der Waals surface area contributed by atoms with Gasteiger partial charge < -0.3 is 19.3 Å². The second-order valence-electron chi connectivity index (χ2n) is 7.36. The molecule has 1 aliphatic rings. The van der Waals surface area contributed by atoms with Crippen LogP contribution in [0.3, 0.4) is 0 Å². The van der Waals surface area contributed by atoms with Crippen LogP contribution in [-0.4, -0.2) is 42.8 Å². The lowest BCUT2D eigenvalue weighted by Gasteiger charge is -2.29. The number of aliphatic hydroxyl groups is 1. The first-order valence-corrected chi connectivity index (χ1v) is 10.5. The van der Waals surface area contributed by atoms with Crippen molar-refractivity contribution in [2.45, 2.75) is 31.0 Å². The smallest absolute Gasteiger partial charge is 0.338 e. The third-order valence-corrected chi connectivity index (χ3v) is 5.27. The Morgan fingerprint density at radius 2 is 2.09 bits per heavy atom. The molecule has 0 fully saturated rings. The van der Waals surface area contributed by atoms with Gasteiger partial charge in [-0.05, 0) is 40.9 Å². The molecule has 3 rings (SSSR count). The molecule has 0 radical (unpaired) electrons. The van der Waals surface area contributed by atoms with Crippen LogP contribution in [0.5, 0.6) is 5.75 Å². The molecule has 33 heavy (non-hydrogen) atoms. The van der Waals surface area contributed by atoms with E-state index in [1.54, 1.807) is 30.3 Å². The number of carbonyl (C=O) groups is 1. The second kappa shape index (κ2) is 11.2. The minimum Gasteiger partial charge on any atom is -0.494 e. The molecular weight excluding hydrogens is 424 g/mol. The van der Waals surface area contributed by atoms with E-state index in [1.165, 1.54) is 7.11 Å². The lowest BCUT2D eigenvalue weighted by Crippen LogP contribution is -2.41. The van der Waals surface area contributed by atoms with Gasteiger partial charge >= 0.3 is 5.97 Å². The third kappa shape index (κ3) is 5.16. The zero-order valence-electron chi connectivity index (χ0n) is 18.4. The Labute approximate surface area is 191 Å². The highest BCUT2D eigenvalue weighted by Gasteiger charge is 2.54. The molecule has 172 valence electrons. The number of azide groups is 1. The quantitative estimate of drug-likeness (QED) is 0.137. The lowest BCUT2D eigenvalue weighted by molar-refractivity contribution is -0.149. The van der Waals surface area contributed by atoms with Crippen molar-refractivity contribution in [1.29, 1.82) is 0 Å². The molecule has 0 saturated carbocycles. The Balaban J connectivity index is 2.01. The molecule has 2 aromatic carbocycles. The largest absolute Gasteiger partial charge is 0.494 e. The summed E-state index contributed by atoms with van der Waals surface area (Å²) < 4.78 is 17.0. The van der Waals surface area contributed by atoms with Crippen LogP contribution >= 0.6 is 0 Å². The summed E-state index contributed by atoms with van der Waals surface area (Å²) in [6, 6.07) is 14.4. The van der Waals surface area contributed by atoms with Gasteiger partial charge in [0.25, 0.3) is 0 Å². The molecular formula is C24H26N4O5. The average Bonchev–Trinajstić information content (AvgIpc) is 3.23. The van der Waals surface area contributed by atoms with Crippen LogP contribution in [0.1, 0.15) is 35.6 Å². The van der Waals surface area contributed by atoms with Crippen molar-refractivity contribution in [3.8, 4) is 5.75 Å². The van der Waals surface area contributed by atoms with E-state index in [4.69, 9.17) is 29.8 Å². The second-order valence-corrected chi connectivity index (χ2v) is 7.36. The maximum absolute atomic E-state index is 13.0. The topological polar surface area (TPSA) is 126 Å². The molecule has 0 bridgehead atoms. The van der Waals surface area contributed by atoms with Crippen LogP contribution in [-0.2, 0) is 20.8 Å². The van der Waals surface area contributed by atoms with Crippen LogP contribution < -0.4 is 4.74 Å². The molecule has 2 atom stereocenters. The van der Waals surface area contributed by atoms with Gasteiger partial charge in [0, 0.05) is 29.9 Å². The first-order chi connectivity index (χ1) is 16.1. The summed E-state index contributed by atoms with van der Waals surface area (Å²) in [5.41, 5.74) is 9.46. The number of aliphatic hydroxyl groups excluding tert-OH is 1. The van der Waals surface area contributed by atoms with E-state index in [1.807, 2.05) is 24.3 Å². The van der Waals surface area contributed by atoms with Crippen molar-refractivity contribution in [2.24, 2.45) is 10.1 Å². The van der Waals surface area contributed by atoms with Gasteiger partial charge in [0.15, 0.2) is 6.10 Å². The first kappa shape index (κ1) is 23.8. The highest BCUT2D eigenvalue weighted by molar-refractivity contribution is 6.00.